The van der Waals surface area contributed by atoms with Gasteiger partial charge in [-0.05, 0) is 12.1 Å². The van der Waals surface area contributed by atoms with Crippen LogP contribution in [0, 0.1) is 0 Å². The molecule has 1 aliphatic heterocycles. The van der Waals surface area contributed by atoms with E-state index in [1.165, 1.54) is 0 Å². The average molecular weight is 324 g/mol. The first kappa shape index (κ1) is 14.5. The number of carbonyl (C=O) groups is 1. The zero-order valence-corrected chi connectivity index (χ0v) is 12.8. The number of hydrogen-bond acceptors (Lipinski definition) is 6. The van der Waals surface area contributed by atoms with Crippen LogP contribution in [0.15, 0.2) is 30.9 Å². The van der Waals surface area contributed by atoms with Gasteiger partial charge in [0.2, 0.25) is 5.91 Å². The molecule has 0 fully saturated rings. The number of pyridine rings is 1. The van der Waals surface area contributed by atoms with Crippen LogP contribution in [0.1, 0.15) is 23.3 Å². The number of rotatable bonds is 4. The molecule has 1 unspecified atom stereocenters. The quantitative estimate of drug-likeness (QED) is 0.539. The van der Waals surface area contributed by atoms with Gasteiger partial charge in [0.1, 0.15) is 11.9 Å². The summed E-state index contributed by atoms with van der Waals surface area (Å²) in [5, 5.41) is 13.0. The lowest BCUT2D eigenvalue weighted by Crippen LogP contribution is -2.41. The summed E-state index contributed by atoms with van der Waals surface area (Å²) < 4.78 is 0. The summed E-state index contributed by atoms with van der Waals surface area (Å²) in [5.74, 6) is 1.03. The maximum absolute atomic E-state index is 12.4. The van der Waals surface area contributed by atoms with Gasteiger partial charge in [-0.25, -0.2) is 9.97 Å². The Hall–Kier alpha value is -3.07. The second kappa shape index (κ2) is 6.20. The van der Waals surface area contributed by atoms with E-state index in [0.29, 0.717) is 11.6 Å². The third-order valence-electron chi connectivity index (χ3n) is 3.91. The predicted octanol–water partition coefficient (Wildman–Crippen LogP) is 0.0930. The fourth-order valence-corrected chi connectivity index (χ4v) is 2.71. The maximum Gasteiger partial charge on any atom is 0.243 e. The highest BCUT2D eigenvalue weighted by atomic mass is 16.2. The van der Waals surface area contributed by atoms with Gasteiger partial charge in [-0.2, -0.15) is 5.10 Å². The Morgan fingerprint density at radius 2 is 2.21 bits per heavy atom. The minimum Gasteiger partial charge on any atom is -0.348 e. The fraction of sp³-hybridized carbons (Fsp3) is 0.267. The summed E-state index contributed by atoms with van der Waals surface area (Å²) in [6.07, 6.45) is 5.83. The van der Waals surface area contributed by atoms with Gasteiger partial charge >= 0.3 is 0 Å². The second-order valence-electron chi connectivity index (χ2n) is 5.46. The molecule has 9 nitrogen and oxygen atoms in total. The Kier molecular flexibility index (Phi) is 3.75. The SMILES string of the molecule is O=C(NCc1nc(-c2ccncc2)n[nH]1)C1NCCc2[nH]cnc21. The van der Waals surface area contributed by atoms with Crippen LogP contribution in [0.5, 0.6) is 0 Å². The Labute approximate surface area is 137 Å². The van der Waals surface area contributed by atoms with E-state index in [2.05, 4.69) is 40.8 Å². The van der Waals surface area contributed by atoms with E-state index in [1.807, 2.05) is 12.1 Å². The van der Waals surface area contributed by atoms with Crippen LogP contribution >= 0.6 is 0 Å². The van der Waals surface area contributed by atoms with Crippen molar-refractivity contribution >= 4 is 5.91 Å². The summed E-state index contributed by atoms with van der Waals surface area (Å²) in [6, 6.07) is 3.22. The van der Waals surface area contributed by atoms with Crippen molar-refractivity contribution in [1.29, 1.82) is 0 Å². The molecule has 3 aromatic heterocycles. The first-order valence-corrected chi connectivity index (χ1v) is 7.66. The van der Waals surface area contributed by atoms with Crippen molar-refractivity contribution in [2.75, 3.05) is 6.54 Å². The molecule has 9 heteroatoms. The molecule has 122 valence electrons. The smallest absolute Gasteiger partial charge is 0.243 e. The van der Waals surface area contributed by atoms with E-state index >= 15 is 0 Å². The number of imidazole rings is 1. The highest BCUT2D eigenvalue weighted by molar-refractivity contribution is 5.83. The van der Waals surface area contributed by atoms with Gasteiger partial charge in [0.05, 0.1) is 18.6 Å². The zero-order chi connectivity index (χ0) is 16.4. The molecule has 4 rings (SSSR count). The molecule has 0 spiro atoms. The number of hydrogen-bond donors (Lipinski definition) is 4. The van der Waals surface area contributed by atoms with Gasteiger partial charge in [0, 0.05) is 36.6 Å². The summed E-state index contributed by atoms with van der Waals surface area (Å²) in [6.45, 7) is 1.01. The molecule has 0 radical (unpaired) electrons. The van der Waals surface area contributed by atoms with Crippen molar-refractivity contribution in [2.24, 2.45) is 0 Å². The van der Waals surface area contributed by atoms with Crippen LogP contribution in [-0.2, 0) is 17.8 Å². The van der Waals surface area contributed by atoms with E-state index in [-0.39, 0.29) is 12.5 Å². The van der Waals surface area contributed by atoms with Crippen molar-refractivity contribution < 1.29 is 4.79 Å². The molecule has 4 N–H and O–H groups in total. The molecule has 1 aliphatic rings. The van der Waals surface area contributed by atoms with Crippen molar-refractivity contribution in [3.05, 3.63) is 48.1 Å². The number of fused-ring (bicyclic) bond motifs is 1. The standard InChI is InChI=1S/C15H16N8O/c24-15(13-12-10(3-6-17-13)19-8-20-12)18-7-11-21-14(23-22-11)9-1-4-16-5-2-9/h1-2,4-5,8,13,17H,3,6-7H2,(H,18,24)(H,19,20)(H,21,22,23). The topological polar surface area (TPSA) is 124 Å². The molecule has 0 aliphatic carbocycles. The molecule has 1 amide bonds. The first-order chi connectivity index (χ1) is 11.8. The fourth-order valence-electron chi connectivity index (χ4n) is 2.71. The molecule has 4 heterocycles. The lowest BCUT2D eigenvalue weighted by molar-refractivity contribution is -0.123. The van der Waals surface area contributed by atoms with Crippen LogP contribution in [0.3, 0.4) is 0 Å². The number of nitrogens with one attached hydrogen (secondary N) is 4. The van der Waals surface area contributed by atoms with Crippen molar-refractivity contribution in [2.45, 2.75) is 19.0 Å². The van der Waals surface area contributed by atoms with Gasteiger partial charge in [0.15, 0.2) is 5.82 Å². The van der Waals surface area contributed by atoms with Crippen LogP contribution in [0.25, 0.3) is 11.4 Å². The number of H-pyrrole nitrogens is 2. The Bertz CT molecular complexity index is 840. The number of aromatic amines is 2. The Balaban J connectivity index is 1.41. The molecule has 0 saturated carbocycles. The number of carbonyl (C=O) groups excluding carboxylic acids is 1. The normalized spacial score (nSPS) is 16.6. The monoisotopic (exact) mass is 324 g/mol. The molecular weight excluding hydrogens is 308 g/mol. The van der Waals surface area contributed by atoms with Gasteiger partial charge in [0.25, 0.3) is 0 Å². The van der Waals surface area contributed by atoms with Crippen LogP contribution in [-0.4, -0.2) is 42.6 Å². The van der Waals surface area contributed by atoms with E-state index in [0.717, 1.165) is 29.9 Å². The molecule has 1 atom stereocenters. The highest BCUT2D eigenvalue weighted by Gasteiger charge is 2.28. The molecule has 0 aromatic carbocycles. The second-order valence-corrected chi connectivity index (χ2v) is 5.46. The summed E-state index contributed by atoms with van der Waals surface area (Å²) in [7, 11) is 0. The number of amides is 1. The van der Waals surface area contributed by atoms with Crippen LogP contribution in [0.4, 0.5) is 0 Å². The lowest BCUT2D eigenvalue weighted by atomic mass is 10.1. The van der Waals surface area contributed by atoms with Crippen LogP contribution < -0.4 is 10.6 Å². The van der Waals surface area contributed by atoms with Gasteiger partial charge < -0.3 is 15.6 Å². The van der Waals surface area contributed by atoms with Gasteiger partial charge in [-0.3, -0.25) is 14.9 Å². The van der Waals surface area contributed by atoms with Gasteiger partial charge in [-0.15, -0.1) is 0 Å². The van der Waals surface area contributed by atoms with E-state index in [4.69, 9.17) is 0 Å². The van der Waals surface area contributed by atoms with E-state index in [9.17, 15) is 4.79 Å². The maximum atomic E-state index is 12.4. The third kappa shape index (κ3) is 2.76. The van der Waals surface area contributed by atoms with Crippen molar-refractivity contribution in [3.63, 3.8) is 0 Å². The van der Waals surface area contributed by atoms with Crippen molar-refractivity contribution in [1.82, 2.24) is 40.8 Å². The first-order valence-electron chi connectivity index (χ1n) is 7.66. The Morgan fingerprint density at radius 3 is 3.08 bits per heavy atom. The minimum atomic E-state index is -0.442. The zero-order valence-electron chi connectivity index (χ0n) is 12.8. The molecule has 3 aromatic rings. The Morgan fingerprint density at radius 1 is 1.33 bits per heavy atom. The molecule has 0 bridgehead atoms. The summed E-state index contributed by atoms with van der Waals surface area (Å²) in [5.41, 5.74) is 2.64. The van der Waals surface area contributed by atoms with E-state index < -0.39 is 6.04 Å². The minimum absolute atomic E-state index is 0.134. The molecule has 24 heavy (non-hydrogen) atoms. The van der Waals surface area contributed by atoms with Crippen molar-refractivity contribution in [3.8, 4) is 11.4 Å². The third-order valence-corrected chi connectivity index (χ3v) is 3.91. The van der Waals surface area contributed by atoms with Gasteiger partial charge in [-0.1, -0.05) is 0 Å². The highest BCUT2D eigenvalue weighted by Crippen LogP contribution is 2.19. The number of aromatic nitrogens is 6. The van der Waals surface area contributed by atoms with Crippen LogP contribution in [0.2, 0.25) is 0 Å². The average Bonchev–Trinajstić information content (AvgIpc) is 3.29. The predicted molar refractivity (Wildman–Crippen MR) is 84.5 cm³/mol. The number of nitrogens with zero attached hydrogens (tertiary/aromatic N) is 4. The summed E-state index contributed by atoms with van der Waals surface area (Å²) in [4.78, 5) is 28.1. The lowest BCUT2D eigenvalue weighted by Gasteiger charge is -2.21. The van der Waals surface area contributed by atoms with E-state index in [1.54, 1.807) is 18.7 Å². The largest absolute Gasteiger partial charge is 0.348 e. The molecular formula is C15H16N8O. The molecule has 0 saturated heterocycles. The summed E-state index contributed by atoms with van der Waals surface area (Å²) >= 11 is 0.